The van der Waals surface area contributed by atoms with Crippen LogP contribution in [0.4, 0.5) is 5.69 Å². The van der Waals surface area contributed by atoms with Gasteiger partial charge in [0.25, 0.3) is 5.56 Å². The summed E-state index contributed by atoms with van der Waals surface area (Å²) >= 11 is 8.79. The fourth-order valence-electron chi connectivity index (χ4n) is 3.08. The molecule has 1 amide bonds. The first-order valence-electron chi connectivity index (χ1n) is 9.32. The SMILES string of the molecule is Cn1c(SCC(=O)Nc2ccc(C(=O)[O-])cc2)nc2scc(-c3ccccc3Cl)c2c1=O. The van der Waals surface area contributed by atoms with Crippen molar-refractivity contribution in [3.05, 3.63) is 74.9 Å². The molecule has 0 bridgehead atoms. The number of carbonyl (C=O) groups is 2. The molecule has 162 valence electrons. The van der Waals surface area contributed by atoms with Crippen molar-refractivity contribution in [1.82, 2.24) is 9.55 Å². The second-order valence-electron chi connectivity index (χ2n) is 6.77. The number of hydrogen-bond acceptors (Lipinski definition) is 7. The van der Waals surface area contributed by atoms with Gasteiger partial charge in [-0.1, -0.05) is 53.7 Å². The molecule has 0 spiro atoms. The van der Waals surface area contributed by atoms with Crippen LogP contribution in [0.2, 0.25) is 5.02 Å². The van der Waals surface area contributed by atoms with Crippen LogP contribution in [0.15, 0.2) is 63.9 Å². The highest BCUT2D eigenvalue weighted by atomic mass is 35.5. The third-order valence-electron chi connectivity index (χ3n) is 4.67. The lowest BCUT2D eigenvalue weighted by atomic mass is 10.1. The second kappa shape index (κ2) is 9.15. The highest BCUT2D eigenvalue weighted by molar-refractivity contribution is 7.99. The summed E-state index contributed by atoms with van der Waals surface area (Å²) in [6, 6.07) is 13.0. The van der Waals surface area contributed by atoms with Crippen molar-refractivity contribution >= 4 is 62.5 Å². The van der Waals surface area contributed by atoms with E-state index in [1.54, 1.807) is 13.1 Å². The smallest absolute Gasteiger partial charge is 0.263 e. The number of halogens is 1. The van der Waals surface area contributed by atoms with Gasteiger partial charge in [0.15, 0.2) is 5.16 Å². The van der Waals surface area contributed by atoms with E-state index < -0.39 is 5.97 Å². The normalized spacial score (nSPS) is 10.9. The topological polar surface area (TPSA) is 104 Å². The molecule has 32 heavy (non-hydrogen) atoms. The molecular formula is C22H15ClN3O4S2-. The Morgan fingerprint density at radius 1 is 1.16 bits per heavy atom. The molecule has 2 heterocycles. The number of nitrogens with zero attached hydrogens (tertiary/aromatic N) is 2. The number of carbonyl (C=O) groups excluding carboxylic acids is 2. The maximum absolute atomic E-state index is 13.1. The average molecular weight is 485 g/mol. The molecule has 0 aliphatic carbocycles. The summed E-state index contributed by atoms with van der Waals surface area (Å²) < 4.78 is 1.42. The lowest BCUT2D eigenvalue weighted by Gasteiger charge is -2.09. The van der Waals surface area contributed by atoms with Gasteiger partial charge in [-0.2, -0.15) is 0 Å². The number of aromatic nitrogens is 2. The summed E-state index contributed by atoms with van der Waals surface area (Å²) in [5.41, 5.74) is 1.77. The van der Waals surface area contributed by atoms with E-state index in [-0.39, 0.29) is 22.8 Å². The van der Waals surface area contributed by atoms with Gasteiger partial charge in [0, 0.05) is 34.3 Å². The molecule has 0 atom stereocenters. The number of benzene rings is 2. The molecule has 2 aromatic carbocycles. The first-order chi connectivity index (χ1) is 15.3. The van der Waals surface area contributed by atoms with Gasteiger partial charge < -0.3 is 15.2 Å². The standard InChI is InChI=1S/C22H16ClN3O4S2/c1-26-20(28)18-15(14-4-2-3-5-16(14)23)10-31-19(18)25-22(26)32-11-17(27)24-13-8-6-12(7-9-13)21(29)30/h2-10H,11H2,1H3,(H,24,27)(H,29,30)/p-1. The van der Waals surface area contributed by atoms with Crippen LogP contribution in [0.5, 0.6) is 0 Å². The quantitative estimate of drug-likeness (QED) is 0.332. The second-order valence-corrected chi connectivity index (χ2v) is 8.98. The number of rotatable bonds is 6. The van der Waals surface area contributed by atoms with Crippen LogP contribution < -0.4 is 16.0 Å². The number of anilines is 1. The van der Waals surface area contributed by atoms with Gasteiger partial charge in [-0.25, -0.2) is 4.98 Å². The molecule has 0 aliphatic rings. The summed E-state index contributed by atoms with van der Waals surface area (Å²) in [6.45, 7) is 0. The lowest BCUT2D eigenvalue weighted by molar-refractivity contribution is -0.255. The number of hydrogen-bond donors (Lipinski definition) is 1. The maximum Gasteiger partial charge on any atom is 0.263 e. The lowest BCUT2D eigenvalue weighted by Crippen LogP contribution is -2.22. The van der Waals surface area contributed by atoms with E-state index in [0.717, 1.165) is 22.9 Å². The average Bonchev–Trinajstić information content (AvgIpc) is 3.19. The van der Waals surface area contributed by atoms with Gasteiger partial charge in [0.2, 0.25) is 5.91 Å². The van der Waals surface area contributed by atoms with E-state index in [1.165, 1.54) is 40.2 Å². The number of carboxylic acid groups (broad SMARTS) is 1. The van der Waals surface area contributed by atoms with E-state index in [2.05, 4.69) is 10.3 Å². The highest BCUT2D eigenvalue weighted by Crippen LogP contribution is 2.35. The van der Waals surface area contributed by atoms with Crippen molar-refractivity contribution in [1.29, 1.82) is 0 Å². The zero-order valence-electron chi connectivity index (χ0n) is 16.6. The van der Waals surface area contributed by atoms with Crippen LogP contribution in [0.1, 0.15) is 10.4 Å². The van der Waals surface area contributed by atoms with Crippen molar-refractivity contribution in [2.24, 2.45) is 7.05 Å². The van der Waals surface area contributed by atoms with E-state index in [9.17, 15) is 19.5 Å². The molecule has 7 nitrogen and oxygen atoms in total. The van der Waals surface area contributed by atoms with E-state index in [0.29, 0.717) is 26.1 Å². The monoisotopic (exact) mass is 484 g/mol. The molecule has 0 unspecified atom stereocenters. The van der Waals surface area contributed by atoms with Crippen molar-refractivity contribution in [2.75, 3.05) is 11.1 Å². The molecule has 4 aromatic rings. The number of thiophene rings is 1. The number of thioether (sulfide) groups is 1. The molecule has 4 rings (SSSR count). The largest absolute Gasteiger partial charge is 0.545 e. The Balaban J connectivity index is 1.53. The van der Waals surface area contributed by atoms with Crippen LogP contribution >= 0.6 is 34.7 Å². The zero-order chi connectivity index (χ0) is 22.8. The molecule has 0 fully saturated rings. The molecular weight excluding hydrogens is 470 g/mol. The van der Waals surface area contributed by atoms with E-state index in [4.69, 9.17) is 11.6 Å². The van der Waals surface area contributed by atoms with Crippen molar-refractivity contribution < 1.29 is 14.7 Å². The first kappa shape index (κ1) is 22.1. The minimum Gasteiger partial charge on any atom is -0.545 e. The molecule has 2 aromatic heterocycles. The van der Waals surface area contributed by atoms with Gasteiger partial charge in [-0.05, 0) is 23.8 Å². The maximum atomic E-state index is 13.1. The number of aromatic carboxylic acids is 1. The van der Waals surface area contributed by atoms with Crippen molar-refractivity contribution in [2.45, 2.75) is 5.16 Å². The fraction of sp³-hybridized carbons (Fsp3) is 0.0909. The zero-order valence-corrected chi connectivity index (χ0v) is 19.0. The van der Waals surface area contributed by atoms with E-state index in [1.807, 2.05) is 23.6 Å². The Morgan fingerprint density at radius 3 is 2.56 bits per heavy atom. The van der Waals surface area contributed by atoms with Gasteiger partial charge in [-0.15, -0.1) is 11.3 Å². The van der Waals surface area contributed by atoms with Crippen molar-refractivity contribution in [3.8, 4) is 11.1 Å². The van der Waals surface area contributed by atoms with Crippen LogP contribution in [-0.4, -0.2) is 27.2 Å². The minimum atomic E-state index is -1.29. The Morgan fingerprint density at radius 2 is 1.88 bits per heavy atom. The Labute approximate surface area is 195 Å². The summed E-state index contributed by atoms with van der Waals surface area (Å²) in [7, 11) is 1.61. The highest BCUT2D eigenvalue weighted by Gasteiger charge is 2.17. The predicted molar refractivity (Wildman–Crippen MR) is 125 cm³/mol. The number of nitrogens with one attached hydrogen (secondary N) is 1. The minimum absolute atomic E-state index is 0.0246. The van der Waals surface area contributed by atoms with Crippen LogP contribution in [0.3, 0.4) is 0 Å². The molecule has 0 saturated heterocycles. The Hall–Kier alpha value is -3.14. The Bertz CT molecular complexity index is 1400. The summed E-state index contributed by atoms with van der Waals surface area (Å²) in [4.78, 5) is 41.3. The van der Waals surface area contributed by atoms with Crippen LogP contribution in [-0.2, 0) is 11.8 Å². The Kier molecular flexibility index (Phi) is 6.31. The van der Waals surface area contributed by atoms with Gasteiger partial charge in [0.05, 0.1) is 17.1 Å². The van der Waals surface area contributed by atoms with Gasteiger partial charge >= 0.3 is 0 Å². The summed E-state index contributed by atoms with van der Waals surface area (Å²) in [5, 5.41) is 16.8. The van der Waals surface area contributed by atoms with Crippen LogP contribution in [0, 0.1) is 0 Å². The molecule has 0 aliphatic heterocycles. The van der Waals surface area contributed by atoms with Crippen molar-refractivity contribution in [3.63, 3.8) is 0 Å². The molecule has 10 heteroatoms. The third kappa shape index (κ3) is 4.40. The summed E-state index contributed by atoms with van der Waals surface area (Å²) in [5.74, 6) is -1.57. The predicted octanol–water partition coefficient (Wildman–Crippen LogP) is 3.41. The molecule has 0 saturated carbocycles. The third-order valence-corrected chi connectivity index (χ3v) is 6.91. The number of fused-ring (bicyclic) bond motifs is 1. The number of amides is 1. The fourth-order valence-corrected chi connectivity index (χ4v) is 5.07. The summed E-state index contributed by atoms with van der Waals surface area (Å²) in [6.07, 6.45) is 0. The van der Waals surface area contributed by atoms with Gasteiger partial charge in [-0.3, -0.25) is 14.2 Å². The molecule has 0 radical (unpaired) electrons. The molecule has 1 N–H and O–H groups in total. The number of carboxylic acids is 1. The first-order valence-corrected chi connectivity index (χ1v) is 11.6. The van der Waals surface area contributed by atoms with Crippen LogP contribution in [0.25, 0.3) is 21.3 Å². The van der Waals surface area contributed by atoms with Gasteiger partial charge in [0.1, 0.15) is 4.83 Å². The van der Waals surface area contributed by atoms with E-state index >= 15 is 0 Å².